The quantitative estimate of drug-likeness (QED) is 0.785. The molecule has 24 heavy (non-hydrogen) atoms. The number of nitrogens with zero attached hydrogens (tertiary/aromatic N) is 1. The zero-order chi connectivity index (χ0) is 17.7. The predicted molar refractivity (Wildman–Crippen MR) is 88.3 cm³/mol. The number of carbonyl (C=O) groups excluding carboxylic acids is 2. The highest BCUT2D eigenvalue weighted by molar-refractivity contribution is 7.91. The molecule has 1 unspecified atom stereocenters. The fourth-order valence-electron chi connectivity index (χ4n) is 2.38. The Morgan fingerprint density at radius 1 is 1.33 bits per heavy atom. The Hall–Kier alpha value is -2.22. The molecule has 1 aliphatic rings. The third kappa shape index (κ3) is 5.16. The third-order valence-corrected chi connectivity index (χ3v) is 5.61. The lowest BCUT2D eigenvalue weighted by Crippen LogP contribution is -2.43. The number of nitrogens with one attached hydrogen (secondary N) is 1. The highest BCUT2D eigenvalue weighted by Crippen LogP contribution is 2.16. The summed E-state index contributed by atoms with van der Waals surface area (Å²) >= 11 is 0. The molecule has 0 bridgehead atoms. The van der Waals surface area contributed by atoms with E-state index >= 15 is 0 Å². The molecule has 1 atom stereocenters. The summed E-state index contributed by atoms with van der Waals surface area (Å²) in [5.41, 5.74) is 0.658. The summed E-state index contributed by atoms with van der Waals surface area (Å²) in [5.74, 6) is -1.12. The first-order valence-electron chi connectivity index (χ1n) is 7.44. The molecule has 1 aromatic rings. The number of hydrogen-bond donors (Lipinski definition) is 1. The molecule has 0 aromatic heterocycles. The second-order valence-corrected chi connectivity index (χ2v) is 7.89. The van der Waals surface area contributed by atoms with Gasteiger partial charge < -0.3 is 10.2 Å². The van der Waals surface area contributed by atoms with Gasteiger partial charge in [-0.1, -0.05) is 12.1 Å². The highest BCUT2D eigenvalue weighted by Gasteiger charge is 2.32. The molecule has 1 fully saturated rings. The van der Waals surface area contributed by atoms with E-state index in [1.165, 1.54) is 48.4 Å². The normalized spacial score (nSPS) is 19.3. The maximum Gasteiger partial charge on any atom is 0.244 e. The van der Waals surface area contributed by atoms with Crippen LogP contribution in [0.1, 0.15) is 12.0 Å². The summed E-state index contributed by atoms with van der Waals surface area (Å²) in [5, 5.41) is 2.45. The number of carbonyl (C=O) groups is 2. The van der Waals surface area contributed by atoms with Crippen LogP contribution in [0.25, 0.3) is 6.08 Å². The zero-order valence-corrected chi connectivity index (χ0v) is 14.1. The van der Waals surface area contributed by atoms with Crippen LogP contribution in [0.3, 0.4) is 0 Å². The average Bonchev–Trinajstić information content (AvgIpc) is 2.91. The minimum Gasteiger partial charge on any atom is -0.343 e. The van der Waals surface area contributed by atoms with Crippen molar-refractivity contribution >= 4 is 27.7 Å². The molecule has 0 saturated carbocycles. The van der Waals surface area contributed by atoms with Gasteiger partial charge in [0.05, 0.1) is 18.1 Å². The number of benzene rings is 1. The maximum atomic E-state index is 12.8. The molecule has 0 spiro atoms. The van der Waals surface area contributed by atoms with Crippen molar-refractivity contribution in [1.82, 2.24) is 10.2 Å². The van der Waals surface area contributed by atoms with Crippen LogP contribution in [0, 0.1) is 5.82 Å². The van der Waals surface area contributed by atoms with E-state index in [4.69, 9.17) is 0 Å². The van der Waals surface area contributed by atoms with Crippen LogP contribution in [-0.2, 0) is 19.4 Å². The Labute approximate surface area is 140 Å². The van der Waals surface area contributed by atoms with Crippen LogP contribution in [0.4, 0.5) is 4.39 Å². The minimum atomic E-state index is -3.07. The summed E-state index contributed by atoms with van der Waals surface area (Å²) < 4.78 is 35.6. The van der Waals surface area contributed by atoms with Gasteiger partial charge in [0.2, 0.25) is 11.8 Å². The van der Waals surface area contributed by atoms with E-state index in [1.807, 2.05) is 0 Å². The molecule has 2 rings (SSSR count). The number of amides is 2. The third-order valence-electron chi connectivity index (χ3n) is 3.86. The maximum absolute atomic E-state index is 12.8. The number of rotatable bonds is 5. The Balaban J connectivity index is 1.80. The van der Waals surface area contributed by atoms with Crippen LogP contribution in [0.5, 0.6) is 0 Å². The first-order chi connectivity index (χ1) is 11.3. The topological polar surface area (TPSA) is 83.6 Å². The van der Waals surface area contributed by atoms with Crippen molar-refractivity contribution in [2.24, 2.45) is 0 Å². The predicted octanol–water partition coefficient (Wildman–Crippen LogP) is 0.601. The molecule has 0 aliphatic carbocycles. The van der Waals surface area contributed by atoms with Gasteiger partial charge in [-0.2, -0.15) is 0 Å². The summed E-state index contributed by atoms with van der Waals surface area (Å²) in [6.07, 6.45) is 3.18. The van der Waals surface area contributed by atoms with Crippen LogP contribution in [0.2, 0.25) is 0 Å². The standard InChI is InChI=1S/C16H19FN2O4S/c1-19(14-8-9-24(22,23)11-14)16(21)10-18-15(20)7-4-12-2-5-13(17)6-3-12/h2-7,14H,8-11H2,1H3,(H,18,20). The van der Waals surface area contributed by atoms with Crippen LogP contribution >= 0.6 is 0 Å². The fraction of sp³-hybridized carbons (Fsp3) is 0.375. The molecule has 6 nitrogen and oxygen atoms in total. The molecular formula is C16H19FN2O4S. The van der Waals surface area contributed by atoms with Crippen molar-refractivity contribution in [1.29, 1.82) is 0 Å². The lowest BCUT2D eigenvalue weighted by molar-refractivity contribution is -0.132. The first kappa shape index (κ1) is 18.1. The number of sulfone groups is 1. The second kappa shape index (κ2) is 7.57. The van der Waals surface area contributed by atoms with Gasteiger partial charge >= 0.3 is 0 Å². The van der Waals surface area contributed by atoms with E-state index < -0.39 is 15.7 Å². The summed E-state index contributed by atoms with van der Waals surface area (Å²) in [6, 6.07) is 5.28. The van der Waals surface area contributed by atoms with E-state index in [0.717, 1.165) is 0 Å². The van der Waals surface area contributed by atoms with Crippen LogP contribution in [-0.4, -0.2) is 56.3 Å². The largest absolute Gasteiger partial charge is 0.343 e. The fourth-order valence-corrected chi connectivity index (χ4v) is 4.15. The van der Waals surface area contributed by atoms with Crippen molar-refractivity contribution in [3.05, 3.63) is 41.7 Å². The number of hydrogen-bond acceptors (Lipinski definition) is 4. The van der Waals surface area contributed by atoms with E-state index in [2.05, 4.69) is 5.32 Å². The number of likely N-dealkylation sites (N-methyl/N-ethyl adjacent to an activating group) is 1. The lowest BCUT2D eigenvalue weighted by Gasteiger charge is -2.23. The second-order valence-electron chi connectivity index (χ2n) is 5.66. The van der Waals surface area contributed by atoms with Crippen molar-refractivity contribution in [3.8, 4) is 0 Å². The molecule has 1 saturated heterocycles. The van der Waals surface area contributed by atoms with E-state index in [0.29, 0.717) is 12.0 Å². The van der Waals surface area contributed by atoms with Gasteiger partial charge in [-0.3, -0.25) is 9.59 Å². The molecular weight excluding hydrogens is 335 g/mol. The Morgan fingerprint density at radius 3 is 2.58 bits per heavy atom. The van der Waals surface area contributed by atoms with E-state index in [9.17, 15) is 22.4 Å². The van der Waals surface area contributed by atoms with Crippen molar-refractivity contribution in [2.45, 2.75) is 12.5 Å². The molecule has 8 heteroatoms. The molecule has 1 aromatic carbocycles. The first-order valence-corrected chi connectivity index (χ1v) is 9.26. The average molecular weight is 354 g/mol. The van der Waals surface area contributed by atoms with E-state index in [1.54, 1.807) is 0 Å². The number of halogens is 1. The summed E-state index contributed by atoms with van der Waals surface area (Å²) in [4.78, 5) is 25.1. The highest BCUT2D eigenvalue weighted by atomic mass is 32.2. The van der Waals surface area contributed by atoms with Gasteiger partial charge in [-0.25, -0.2) is 12.8 Å². The lowest BCUT2D eigenvalue weighted by atomic mass is 10.2. The van der Waals surface area contributed by atoms with Gasteiger partial charge in [-0.15, -0.1) is 0 Å². The Morgan fingerprint density at radius 2 is 2.00 bits per heavy atom. The molecule has 130 valence electrons. The molecule has 1 aliphatic heterocycles. The Bertz CT molecular complexity index is 744. The van der Waals surface area contributed by atoms with Crippen LogP contribution in [0.15, 0.2) is 30.3 Å². The van der Waals surface area contributed by atoms with Gasteiger partial charge in [0.1, 0.15) is 5.82 Å². The van der Waals surface area contributed by atoms with Gasteiger partial charge in [-0.05, 0) is 30.2 Å². The molecule has 0 radical (unpaired) electrons. The summed E-state index contributed by atoms with van der Waals surface area (Å²) in [7, 11) is -1.53. The molecule has 1 heterocycles. The van der Waals surface area contributed by atoms with Gasteiger partial charge in [0, 0.05) is 19.2 Å². The van der Waals surface area contributed by atoms with Crippen molar-refractivity contribution in [2.75, 3.05) is 25.1 Å². The van der Waals surface area contributed by atoms with E-state index in [-0.39, 0.29) is 35.8 Å². The SMILES string of the molecule is CN(C(=O)CNC(=O)C=Cc1ccc(F)cc1)C1CCS(=O)(=O)C1. The zero-order valence-electron chi connectivity index (χ0n) is 13.2. The molecule has 2 amide bonds. The summed E-state index contributed by atoms with van der Waals surface area (Å²) in [6.45, 7) is -0.209. The molecule has 1 N–H and O–H groups in total. The van der Waals surface area contributed by atoms with Gasteiger partial charge in [0.25, 0.3) is 0 Å². The van der Waals surface area contributed by atoms with Crippen molar-refractivity contribution < 1.29 is 22.4 Å². The van der Waals surface area contributed by atoms with Gasteiger partial charge in [0.15, 0.2) is 9.84 Å². The smallest absolute Gasteiger partial charge is 0.244 e. The Kier molecular flexibility index (Phi) is 5.71. The minimum absolute atomic E-state index is 0.0341. The van der Waals surface area contributed by atoms with Crippen LogP contribution < -0.4 is 5.32 Å². The van der Waals surface area contributed by atoms with Crippen molar-refractivity contribution in [3.63, 3.8) is 0 Å². The monoisotopic (exact) mass is 354 g/mol.